The number of rotatable bonds is 3. The van der Waals surface area contributed by atoms with Crippen molar-refractivity contribution in [2.45, 2.75) is 13.8 Å². The lowest BCUT2D eigenvalue weighted by Crippen LogP contribution is -2.50. The van der Waals surface area contributed by atoms with Crippen LogP contribution >= 0.6 is 11.6 Å². The largest absolute Gasteiger partial charge is 0.316 e. The van der Waals surface area contributed by atoms with Gasteiger partial charge < -0.3 is 10.2 Å². The van der Waals surface area contributed by atoms with E-state index in [2.05, 4.69) is 5.32 Å². The standard InChI is InChI=1S/C14H19ClN2O/c1-9-4-5-12(6-13(9)15)17(3)14(18)10(2)11-7-16-8-11/h4-6,10-11,16H,7-8H2,1-3H3. The molecule has 1 aromatic carbocycles. The summed E-state index contributed by atoms with van der Waals surface area (Å²) in [6.45, 7) is 5.83. The molecule has 98 valence electrons. The van der Waals surface area contributed by atoms with Crippen molar-refractivity contribution in [1.82, 2.24) is 5.32 Å². The normalized spacial score (nSPS) is 17.1. The molecule has 0 aromatic heterocycles. The zero-order chi connectivity index (χ0) is 13.3. The molecular weight excluding hydrogens is 248 g/mol. The molecule has 0 bridgehead atoms. The summed E-state index contributed by atoms with van der Waals surface area (Å²) in [5.41, 5.74) is 1.88. The predicted octanol–water partition coefficient (Wildman–Crippen LogP) is 2.47. The lowest BCUT2D eigenvalue weighted by molar-refractivity contribution is -0.123. The number of benzene rings is 1. The summed E-state index contributed by atoms with van der Waals surface area (Å²) < 4.78 is 0. The molecule has 1 unspecified atom stereocenters. The van der Waals surface area contributed by atoms with Crippen molar-refractivity contribution in [3.63, 3.8) is 0 Å². The van der Waals surface area contributed by atoms with Crippen LogP contribution in [-0.4, -0.2) is 26.0 Å². The molecule has 3 nitrogen and oxygen atoms in total. The zero-order valence-corrected chi connectivity index (χ0v) is 11.8. The van der Waals surface area contributed by atoms with E-state index in [9.17, 15) is 4.79 Å². The molecule has 2 rings (SSSR count). The topological polar surface area (TPSA) is 32.3 Å². The first-order chi connectivity index (χ1) is 8.50. The van der Waals surface area contributed by atoms with Crippen LogP contribution < -0.4 is 10.2 Å². The number of carbonyl (C=O) groups excluding carboxylic acids is 1. The third-order valence-corrected chi connectivity index (χ3v) is 4.19. The van der Waals surface area contributed by atoms with E-state index in [1.165, 1.54) is 0 Å². The molecule has 1 atom stereocenters. The van der Waals surface area contributed by atoms with Gasteiger partial charge in [-0.1, -0.05) is 24.6 Å². The number of hydrogen-bond donors (Lipinski definition) is 1. The predicted molar refractivity (Wildman–Crippen MR) is 75.1 cm³/mol. The average molecular weight is 267 g/mol. The van der Waals surface area contributed by atoms with Crippen LogP contribution in [0.25, 0.3) is 0 Å². The summed E-state index contributed by atoms with van der Waals surface area (Å²) in [7, 11) is 1.81. The van der Waals surface area contributed by atoms with E-state index in [0.717, 1.165) is 24.3 Å². The Labute approximate surface area is 113 Å². The van der Waals surface area contributed by atoms with Crippen LogP contribution in [0, 0.1) is 18.8 Å². The van der Waals surface area contributed by atoms with Gasteiger partial charge in [0.15, 0.2) is 0 Å². The highest BCUT2D eigenvalue weighted by atomic mass is 35.5. The molecule has 1 aliphatic rings. The number of amides is 1. The second-order valence-electron chi connectivity index (χ2n) is 5.04. The Kier molecular flexibility index (Phi) is 3.93. The van der Waals surface area contributed by atoms with Gasteiger partial charge in [0.1, 0.15) is 0 Å². The molecule has 4 heteroatoms. The quantitative estimate of drug-likeness (QED) is 0.912. The minimum Gasteiger partial charge on any atom is -0.316 e. The molecule has 1 heterocycles. The van der Waals surface area contributed by atoms with E-state index in [4.69, 9.17) is 11.6 Å². The Morgan fingerprint density at radius 2 is 2.17 bits per heavy atom. The van der Waals surface area contributed by atoms with Crippen LogP contribution in [0.15, 0.2) is 18.2 Å². The molecule has 1 fully saturated rings. The first-order valence-corrected chi connectivity index (χ1v) is 6.63. The van der Waals surface area contributed by atoms with Gasteiger partial charge in [0.05, 0.1) is 0 Å². The number of nitrogens with zero attached hydrogens (tertiary/aromatic N) is 1. The van der Waals surface area contributed by atoms with Crippen LogP contribution in [0.5, 0.6) is 0 Å². The summed E-state index contributed by atoms with van der Waals surface area (Å²) >= 11 is 6.10. The van der Waals surface area contributed by atoms with Crippen molar-refractivity contribution in [3.8, 4) is 0 Å². The van der Waals surface area contributed by atoms with E-state index in [0.29, 0.717) is 10.9 Å². The molecule has 1 amide bonds. The second kappa shape index (κ2) is 5.29. The average Bonchev–Trinajstić information content (AvgIpc) is 2.28. The third-order valence-electron chi connectivity index (χ3n) is 3.78. The SMILES string of the molecule is Cc1ccc(N(C)C(=O)C(C)C2CNC2)cc1Cl. The molecule has 18 heavy (non-hydrogen) atoms. The van der Waals surface area contributed by atoms with Crippen LogP contribution in [0.3, 0.4) is 0 Å². The highest BCUT2D eigenvalue weighted by Crippen LogP contribution is 2.25. The van der Waals surface area contributed by atoms with Crippen molar-refractivity contribution in [2.75, 3.05) is 25.0 Å². The van der Waals surface area contributed by atoms with Gasteiger partial charge in [-0.05, 0) is 43.6 Å². The Hall–Kier alpha value is -1.06. The zero-order valence-electron chi connectivity index (χ0n) is 11.0. The fourth-order valence-electron chi connectivity index (χ4n) is 2.09. The lowest BCUT2D eigenvalue weighted by Gasteiger charge is -2.34. The van der Waals surface area contributed by atoms with E-state index < -0.39 is 0 Å². The minimum absolute atomic E-state index is 0.0522. The van der Waals surface area contributed by atoms with Gasteiger partial charge in [-0.3, -0.25) is 4.79 Å². The molecule has 1 saturated heterocycles. The van der Waals surface area contributed by atoms with Crippen molar-refractivity contribution in [1.29, 1.82) is 0 Å². The van der Waals surface area contributed by atoms with Gasteiger partial charge in [-0.15, -0.1) is 0 Å². The molecule has 0 aliphatic carbocycles. The first kappa shape index (κ1) is 13.4. The highest BCUT2D eigenvalue weighted by molar-refractivity contribution is 6.31. The Morgan fingerprint density at radius 3 is 2.67 bits per heavy atom. The van der Waals surface area contributed by atoms with Gasteiger partial charge in [0, 0.05) is 23.7 Å². The number of aryl methyl sites for hydroxylation is 1. The van der Waals surface area contributed by atoms with Crippen LogP contribution in [0.2, 0.25) is 5.02 Å². The van der Waals surface area contributed by atoms with Crippen LogP contribution in [0.1, 0.15) is 12.5 Å². The number of halogens is 1. The van der Waals surface area contributed by atoms with E-state index in [-0.39, 0.29) is 11.8 Å². The maximum absolute atomic E-state index is 12.3. The maximum atomic E-state index is 12.3. The smallest absolute Gasteiger partial charge is 0.229 e. The van der Waals surface area contributed by atoms with Gasteiger partial charge in [0.25, 0.3) is 0 Å². The van der Waals surface area contributed by atoms with Crippen molar-refractivity contribution in [2.24, 2.45) is 11.8 Å². The molecule has 0 radical (unpaired) electrons. The van der Waals surface area contributed by atoms with E-state index >= 15 is 0 Å². The van der Waals surface area contributed by atoms with Crippen molar-refractivity contribution < 1.29 is 4.79 Å². The van der Waals surface area contributed by atoms with E-state index in [1.807, 2.05) is 39.1 Å². The van der Waals surface area contributed by atoms with Gasteiger partial charge in [-0.25, -0.2) is 0 Å². The molecule has 1 N–H and O–H groups in total. The number of hydrogen-bond acceptors (Lipinski definition) is 2. The molecule has 0 spiro atoms. The lowest BCUT2D eigenvalue weighted by atomic mass is 9.88. The molecule has 1 aliphatic heterocycles. The van der Waals surface area contributed by atoms with Crippen LogP contribution in [-0.2, 0) is 4.79 Å². The second-order valence-corrected chi connectivity index (χ2v) is 5.44. The summed E-state index contributed by atoms with van der Waals surface area (Å²) in [6, 6.07) is 5.72. The summed E-state index contributed by atoms with van der Waals surface area (Å²) in [4.78, 5) is 14.0. The van der Waals surface area contributed by atoms with Crippen LogP contribution in [0.4, 0.5) is 5.69 Å². The number of nitrogens with one attached hydrogen (secondary N) is 1. The van der Waals surface area contributed by atoms with E-state index in [1.54, 1.807) is 4.90 Å². The Balaban J connectivity index is 2.11. The summed E-state index contributed by atoms with van der Waals surface area (Å²) in [5.74, 6) is 0.665. The number of anilines is 1. The van der Waals surface area contributed by atoms with Crippen molar-refractivity contribution in [3.05, 3.63) is 28.8 Å². The van der Waals surface area contributed by atoms with Gasteiger partial charge in [0.2, 0.25) is 5.91 Å². The maximum Gasteiger partial charge on any atom is 0.229 e. The Morgan fingerprint density at radius 1 is 1.50 bits per heavy atom. The molecule has 0 saturated carbocycles. The highest BCUT2D eigenvalue weighted by Gasteiger charge is 2.30. The third kappa shape index (κ3) is 2.52. The van der Waals surface area contributed by atoms with Crippen molar-refractivity contribution >= 4 is 23.2 Å². The van der Waals surface area contributed by atoms with Gasteiger partial charge >= 0.3 is 0 Å². The summed E-state index contributed by atoms with van der Waals surface area (Å²) in [5, 5.41) is 3.90. The monoisotopic (exact) mass is 266 g/mol. The molecular formula is C14H19ClN2O. The fraction of sp³-hybridized carbons (Fsp3) is 0.500. The molecule has 1 aromatic rings. The van der Waals surface area contributed by atoms with Gasteiger partial charge in [-0.2, -0.15) is 0 Å². The fourth-order valence-corrected chi connectivity index (χ4v) is 2.26. The first-order valence-electron chi connectivity index (χ1n) is 6.25. The minimum atomic E-state index is 0.0522. The Bertz CT molecular complexity index is 457. The summed E-state index contributed by atoms with van der Waals surface area (Å²) in [6.07, 6.45) is 0. The number of carbonyl (C=O) groups is 1.